The van der Waals surface area contributed by atoms with E-state index in [4.69, 9.17) is 5.73 Å². The van der Waals surface area contributed by atoms with E-state index in [0.29, 0.717) is 5.69 Å². The van der Waals surface area contributed by atoms with Crippen LogP contribution in [0, 0.1) is 0 Å². The van der Waals surface area contributed by atoms with Gasteiger partial charge in [-0.15, -0.1) is 0 Å². The lowest BCUT2D eigenvalue weighted by molar-refractivity contribution is 0.0932. The SMILES string of the molecule is CC(N)CC(C)NC(=O)c1ccccn1. The number of carbonyl (C=O) groups excluding carboxylic acids is 1. The van der Waals surface area contributed by atoms with E-state index in [1.165, 1.54) is 0 Å². The molecule has 0 aliphatic carbocycles. The van der Waals surface area contributed by atoms with Crippen molar-refractivity contribution in [3.05, 3.63) is 30.1 Å². The summed E-state index contributed by atoms with van der Waals surface area (Å²) in [6, 6.07) is 5.41. The first-order valence-electron chi connectivity index (χ1n) is 5.07. The molecule has 0 saturated carbocycles. The van der Waals surface area contributed by atoms with Crippen LogP contribution in [0.1, 0.15) is 30.8 Å². The molecule has 0 aliphatic heterocycles. The number of hydrogen-bond acceptors (Lipinski definition) is 3. The van der Waals surface area contributed by atoms with Crippen LogP contribution in [0.5, 0.6) is 0 Å². The topological polar surface area (TPSA) is 68.0 Å². The molecule has 0 saturated heterocycles. The van der Waals surface area contributed by atoms with Gasteiger partial charge in [-0.1, -0.05) is 6.07 Å². The first-order chi connectivity index (χ1) is 7.09. The Labute approximate surface area is 89.9 Å². The van der Waals surface area contributed by atoms with E-state index >= 15 is 0 Å². The van der Waals surface area contributed by atoms with Crippen LogP contribution in [0.4, 0.5) is 0 Å². The van der Waals surface area contributed by atoms with Gasteiger partial charge in [0.1, 0.15) is 5.69 Å². The summed E-state index contributed by atoms with van der Waals surface area (Å²) in [5.74, 6) is -0.149. The number of rotatable bonds is 4. The molecule has 2 atom stereocenters. The fourth-order valence-corrected chi connectivity index (χ4v) is 1.41. The van der Waals surface area contributed by atoms with E-state index in [2.05, 4.69) is 10.3 Å². The summed E-state index contributed by atoms with van der Waals surface area (Å²) in [6.07, 6.45) is 2.36. The number of hydrogen-bond donors (Lipinski definition) is 2. The molecule has 82 valence electrons. The molecule has 0 aliphatic rings. The minimum atomic E-state index is -0.149. The first kappa shape index (κ1) is 11.7. The van der Waals surface area contributed by atoms with E-state index in [1.807, 2.05) is 13.8 Å². The van der Waals surface area contributed by atoms with E-state index in [-0.39, 0.29) is 18.0 Å². The zero-order valence-corrected chi connectivity index (χ0v) is 9.10. The molecule has 0 bridgehead atoms. The van der Waals surface area contributed by atoms with Gasteiger partial charge < -0.3 is 11.1 Å². The Hall–Kier alpha value is -1.42. The average Bonchev–Trinajstić information content (AvgIpc) is 2.17. The number of pyridine rings is 1. The maximum absolute atomic E-state index is 11.6. The second-order valence-electron chi connectivity index (χ2n) is 3.80. The van der Waals surface area contributed by atoms with Crippen molar-refractivity contribution in [1.82, 2.24) is 10.3 Å². The summed E-state index contributed by atoms with van der Waals surface area (Å²) < 4.78 is 0. The fourth-order valence-electron chi connectivity index (χ4n) is 1.41. The van der Waals surface area contributed by atoms with E-state index < -0.39 is 0 Å². The summed E-state index contributed by atoms with van der Waals surface area (Å²) in [5, 5.41) is 2.85. The molecule has 3 N–H and O–H groups in total. The van der Waals surface area contributed by atoms with Crippen LogP contribution < -0.4 is 11.1 Å². The molecule has 0 aromatic carbocycles. The molecule has 15 heavy (non-hydrogen) atoms. The van der Waals surface area contributed by atoms with Gasteiger partial charge in [0.15, 0.2) is 0 Å². The predicted molar refractivity (Wildman–Crippen MR) is 59.4 cm³/mol. The molecular formula is C11H17N3O. The zero-order valence-electron chi connectivity index (χ0n) is 9.10. The van der Waals surface area contributed by atoms with Gasteiger partial charge in [-0.05, 0) is 32.4 Å². The molecule has 0 fully saturated rings. The van der Waals surface area contributed by atoms with Crippen LogP contribution >= 0.6 is 0 Å². The number of aromatic nitrogens is 1. The lowest BCUT2D eigenvalue weighted by atomic mass is 10.1. The van der Waals surface area contributed by atoms with Crippen LogP contribution in [0.3, 0.4) is 0 Å². The highest BCUT2D eigenvalue weighted by Gasteiger charge is 2.11. The van der Waals surface area contributed by atoms with Gasteiger partial charge in [-0.25, -0.2) is 0 Å². The number of nitrogens with two attached hydrogens (primary N) is 1. The van der Waals surface area contributed by atoms with Crippen LogP contribution in [-0.4, -0.2) is 23.0 Å². The van der Waals surface area contributed by atoms with E-state index in [1.54, 1.807) is 24.4 Å². The average molecular weight is 207 g/mol. The molecule has 0 spiro atoms. The lowest BCUT2D eigenvalue weighted by Crippen LogP contribution is -2.36. The highest BCUT2D eigenvalue weighted by molar-refractivity contribution is 5.92. The van der Waals surface area contributed by atoms with Gasteiger partial charge in [-0.2, -0.15) is 0 Å². The fraction of sp³-hybridized carbons (Fsp3) is 0.455. The highest BCUT2D eigenvalue weighted by atomic mass is 16.1. The maximum atomic E-state index is 11.6. The molecular weight excluding hydrogens is 190 g/mol. The van der Waals surface area contributed by atoms with Gasteiger partial charge in [0.2, 0.25) is 0 Å². The van der Waals surface area contributed by atoms with Crippen molar-refractivity contribution in [2.75, 3.05) is 0 Å². The maximum Gasteiger partial charge on any atom is 0.270 e. The summed E-state index contributed by atoms with van der Waals surface area (Å²) >= 11 is 0. The monoisotopic (exact) mass is 207 g/mol. The predicted octanol–water partition coefficient (Wildman–Crippen LogP) is 0.937. The van der Waals surface area contributed by atoms with Crippen LogP contribution in [0.25, 0.3) is 0 Å². The molecule has 4 heteroatoms. The number of carbonyl (C=O) groups is 1. The quantitative estimate of drug-likeness (QED) is 0.772. The Balaban J connectivity index is 2.49. The molecule has 1 aromatic rings. The zero-order chi connectivity index (χ0) is 11.3. The third kappa shape index (κ3) is 4.08. The van der Waals surface area contributed by atoms with Crippen LogP contribution in [-0.2, 0) is 0 Å². The lowest BCUT2D eigenvalue weighted by Gasteiger charge is -2.15. The van der Waals surface area contributed by atoms with Gasteiger partial charge >= 0.3 is 0 Å². The van der Waals surface area contributed by atoms with E-state index in [0.717, 1.165) is 6.42 Å². The second-order valence-corrected chi connectivity index (χ2v) is 3.80. The number of amides is 1. The molecule has 1 rings (SSSR count). The summed E-state index contributed by atoms with van der Waals surface area (Å²) in [4.78, 5) is 15.6. The minimum absolute atomic E-state index is 0.0690. The summed E-state index contributed by atoms with van der Waals surface area (Å²) in [7, 11) is 0. The normalized spacial score (nSPS) is 14.3. The molecule has 1 heterocycles. The molecule has 4 nitrogen and oxygen atoms in total. The summed E-state index contributed by atoms with van der Waals surface area (Å²) in [5.41, 5.74) is 6.08. The van der Waals surface area contributed by atoms with Gasteiger partial charge in [0, 0.05) is 18.3 Å². The Morgan fingerprint density at radius 3 is 2.80 bits per heavy atom. The highest BCUT2D eigenvalue weighted by Crippen LogP contribution is 1.98. The van der Waals surface area contributed by atoms with Gasteiger partial charge in [0.05, 0.1) is 0 Å². The van der Waals surface area contributed by atoms with Crippen molar-refractivity contribution in [2.45, 2.75) is 32.4 Å². The molecule has 1 amide bonds. The molecule has 2 unspecified atom stereocenters. The van der Waals surface area contributed by atoms with Crippen LogP contribution in [0.15, 0.2) is 24.4 Å². The van der Waals surface area contributed by atoms with Gasteiger partial charge in [-0.3, -0.25) is 9.78 Å². The number of nitrogens with one attached hydrogen (secondary N) is 1. The Morgan fingerprint density at radius 1 is 1.53 bits per heavy atom. The Kier molecular flexibility index (Phi) is 4.24. The van der Waals surface area contributed by atoms with Crippen molar-refractivity contribution >= 4 is 5.91 Å². The van der Waals surface area contributed by atoms with Crippen LogP contribution in [0.2, 0.25) is 0 Å². The van der Waals surface area contributed by atoms with Crippen molar-refractivity contribution in [2.24, 2.45) is 5.73 Å². The number of nitrogens with zero attached hydrogens (tertiary/aromatic N) is 1. The standard InChI is InChI=1S/C11H17N3O/c1-8(12)7-9(2)14-11(15)10-5-3-4-6-13-10/h3-6,8-9H,7,12H2,1-2H3,(H,14,15). The van der Waals surface area contributed by atoms with Gasteiger partial charge in [0.25, 0.3) is 5.91 Å². The molecule has 1 aromatic heterocycles. The minimum Gasteiger partial charge on any atom is -0.348 e. The van der Waals surface area contributed by atoms with Crippen molar-refractivity contribution in [3.8, 4) is 0 Å². The first-order valence-corrected chi connectivity index (χ1v) is 5.07. The Morgan fingerprint density at radius 2 is 2.27 bits per heavy atom. The molecule has 0 radical (unpaired) electrons. The summed E-state index contributed by atoms with van der Waals surface area (Å²) in [6.45, 7) is 3.85. The Bertz CT molecular complexity index is 311. The van der Waals surface area contributed by atoms with E-state index in [9.17, 15) is 4.79 Å². The smallest absolute Gasteiger partial charge is 0.270 e. The largest absolute Gasteiger partial charge is 0.348 e. The van der Waals surface area contributed by atoms with Crippen molar-refractivity contribution < 1.29 is 4.79 Å². The van der Waals surface area contributed by atoms with Crippen molar-refractivity contribution in [3.63, 3.8) is 0 Å². The van der Waals surface area contributed by atoms with Crippen molar-refractivity contribution in [1.29, 1.82) is 0 Å². The second kappa shape index (κ2) is 5.46. The third-order valence-corrected chi connectivity index (χ3v) is 2.00. The third-order valence-electron chi connectivity index (χ3n) is 2.00.